The van der Waals surface area contributed by atoms with E-state index in [4.69, 9.17) is 5.11 Å². The van der Waals surface area contributed by atoms with E-state index in [9.17, 15) is 4.79 Å². The summed E-state index contributed by atoms with van der Waals surface area (Å²) in [5.74, 6) is 0.424. The summed E-state index contributed by atoms with van der Waals surface area (Å²) in [6.45, 7) is 1.97. The van der Waals surface area contributed by atoms with Crippen molar-refractivity contribution in [2.75, 3.05) is 0 Å². The molecule has 0 bridgehead atoms. The van der Waals surface area contributed by atoms with Crippen molar-refractivity contribution in [3.05, 3.63) is 5.82 Å². The average molecular weight is 210 g/mol. The number of aliphatic carboxylic acids is 1. The fraction of sp³-hybridized carbons (Fsp3) is 0.778. The van der Waals surface area contributed by atoms with E-state index < -0.39 is 5.97 Å². The van der Waals surface area contributed by atoms with Gasteiger partial charge in [0.25, 0.3) is 0 Å². The molecule has 0 spiro atoms. The van der Waals surface area contributed by atoms with Gasteiger partial charge in [-0.15, -0.1) is 5.10 Å². The Morgan fingerprint density at radius 1 is 1.67 bits per heavy atom. The maximum absolute atomic E-state index is 10.8. The molecule has 2 rings (SSSR count). The molecule has 6 nitrogen and oxygen atoms in total. The minimum atomic E-state index is -0.788. The zero-order valence-electron chi connectivity index (χ0n) is 8.63. The van der Waals surface area contributed by atoms with Gasteiger partial charge in [0.2, 0.25) is 0 Å². The van der Waals surface area contributed by atoms with Crippen LogP contribution in [0.4, 0.5) is 0 Å². The normalized spacial score (nSPS) is 17.7. The highest BCUT2D eigenvalue weighted by molar-refractivity contribution is 5.67. The molecule has 0 saturated heterocycles. The molecule has 1 heterocycles. The standard InChI is InChI=1S/C9H14N4O2/c1-2-8-10-11-12-13(8)7(5-9(14)15)6-3-4-6/h6-7H,2-5H2,1H3,(H,14,15). The van der Waals surface area contributed by atoms with Crippen LogP contribution in [0.2, 0.25) is 0 Å². The Bertz CT molecular complexity index is 359. The highest BCUT2D eigenvalue weighted by Crippen LogP contribution is 2.41. The predicted octanol–water partition coefficient (Wildman–Crippen LogP) is 0.661. The Labute approximate surface area is 87.3 Å². The number of carbonyl (C=O) groups is 1. The van der Waals surface area contributed by atoms with Crippen LogP contribution in [0.5, 0.6) is 0 Å². The van der Waals surface area contributed by atoms with E-state index in [0.29, 0.717) is 5.92 Å². The van der Waals surface area contributed by atoms with Crippen molar-refractivity contribution in [1.82, 2.24) is 20.2 Å². The number of hydrogen-bond donors (Lipinski definition) is 1. The lowest BCUT2D eigenvalue weighted by Gasteiger charge is -2.14. The first-order chi connectivity index (χ1) is 7.22. The van der Waals surface area contributed by atoms with Crippen molar-refractivity contribution < 1.29 is 9.90 Å². The Kier molecular flexibility index (Phi) is 2.66. The minimum Gasteiger partial charge on any atom is -0.481 e. The molecule has 1 aliphatic carbocycles. The van der Waals surface area contributed by atoms with E-state index in [-0.39, 0.29) is 12.5 Å². The molecule has 1 aromatic rings. The molecule has 0 amide bonds. The molecule has 15 heavy (non-hydrogen) atoms. The Morgan fingerprint density at radius 3 is 2.93 bits per heavy atom. The highest BCUT2D eigenvalue weighted by atomic mass is 16.4. The molecule has 0 radical (unpaired) electrons. The van der Waals surface area contributed by atoms with Gasteiger partial charge in [-0.1, -0.05) is 6.92 Å². The van der Waals surface area contributed by atoms with Crippen LogP contribution < -0.4 is 0 Å². The zero-order valence-corrected chi connectivity index (χ0v) is 8.63. The van der Waals surface area contributed by atoms with Gasteiger partial charge in [0.15, 0.2) is 5.82 Å². The van der Waals surface area contributed by atoms with Crippen molar-refractivity contribution >= 4 is 5.97 Å². The lowest BCUT2D eigenvalue weighted by atomic mass is 10.1. The van der Waals surface area contributed by atoms with E-state index in [1.807, 2.05) is 6.92 Å². The first-order valence-corrected chi connectivity index (χ1v) is 5.21. The van der Waals surface area contributed by atoms with Crippen LogP contribution in [0, 0.1) is 5.92 Å². The van der Waals surface area contributed by atoms with Crippen LogP contribution in [-0.2, 0) is 11.2 Å². The molecule has 1 unspecified atom stereocenters. The van der Waals surface area contributed by atoms with Gasteiger partial charge in [-0.05, 0) is 29.2 Å². The molecule has 6 heteroatoms. The maximum atomic E-state index is 10.8. The second-order valence-corrected chi connectivity index (χ2v) is 3.90. The number of aromatic nitrogens is 4. The molecular weight excluding hydrogens is 196 g/mol. The fourth-order valence-corrected chi connectivity index (χ4v) is 1.82. The summed E-state index contributed by atoms with van der Waals surface area (Å²) < 4.78 is 1.69. The maximum Gasteiger partial charge on any atom is 0.305 e. The quantitative estimate of drug-likeness (QED) is 0.772. The van der Waals surface area contributed by atoms with Crippen LogP contribution >= 0.6 is 0 Å². The second kappa shape index (κ2) is 3.96. The zero-order chi connectivity index (χ0) is 10.8. The number of carboxylic acids is 1. The third-order valence-corrected chi connectivity index (χ3v) is 2.74. The van der Waals surface area contributed by atoms with Crippen LogP contribution in [0.3, 0.4) is 0 Å². The van der Waals surface area contributed by atoms with Gasteiger partial charge in [-0.25, -0.2) is 4.68 Å². The number of hydrogen-bond acceptors (Lipinski definition) is 4. The van der Waals surface area contributed by atoms with E-state index in [0.717, 1.165) is 25.1 Å². The average Bonchev–Trinajstić information content (AvgIpc) is 2.92. The third-order valence-electron chi connectivity index (χ3n) is 2.74. The Hall–Kier alpha value is -1.46. The van der Waals surface area contributed by atoms with E-state index in [1.165, 1.54) is 0 Å². The molecule has 0 aromatic carbocycles. The van der Waals surface area contributed by atoms with Crippen molar-refractivity contribution in [3.8, 4) is 0 Å². The molecule has 1 aromatic heterocycles. The number of rotatable bonds is 5. The van der Waals surface area contributed by atoms with Gasteiger partial charge in [0.1, 0.15) is 0 Å². The van der Waals surface area contributed by atoms with Crippen LogP contribution in [0.1, 0.15) is 38.1 Å². The summed E-state index contributed by atoms with van der Waals surface area (Å²) in [6, 6.07) is -0.0625. The van der Waals surface area contributed by atoms with Crippen molar-refractivity contribution in [2.24, 2.45) is 5.92 Å². The van der Waals surface area contributed by atoms with Gasteiger partial charge in [-0.2, -0.15) is 0 Å². The summed E-state index contributed by atoms with van der Waals surface area (Å²) in [7, 11) is 0. The SMILES string of the molecule is CCc1nnnn1C(CC(=O)O)C1CC1. The van der Waals surface area contributed by atoms with Crippen molar-refractivity contribution in [2.45, 2.75) is 38.6 Å². The number of aryl methyl sites for hydroxylation is 1. The first-order valence-electron chi connectivity index (χ1n) is 5.21. The summed E-state index contributed by atoms with van der Waals surface area (Å²) in [5.41, 5.74) is 0. The highest BCUT2D eigenvalue weighted by Gasteiger charge is 2.35. The molecule has 1 aliphatic rings. The largest absolute Gasteiger partial charge is 0.481 e. The van der Waals surface area contributed by atoms with Crippen LogP contribution in [-0.4, -0.2) is 31.3 Å². The predicted molar refractivity (Wildman–Crippen MR) is 51.2 cm³/mol. The van der Waals surface area contributed by atoms with Gasteiger partial charge < -0.3 is 5.11 Å². The molecule has 0 aliphatic heterocycles. The minimum absolute atomic E-state index is 0.0625. The third kappa shape index (κ3) is 2.14. The topological polar surface area (TPSA) is 80.9 Å². The number of carboxylic acid groups (broad SMARTS) is 1. The monoisotopic (exact) mass is 210 g/mol. The van der Waals surface area contributed by atoms with Gasteiger partial charge in [0.05, 0.1) is 12.5 Å². The fourth-order valence-electron chi connectivity index (χ4n) is 1.82. The van der Waals surface area contributed by atoms with E-state index >= 15 is 0 Å². The smallest absolute Gasteiger partial charge is 0.305 e. The van der Waals surface area contributed by atoms with Crippen LogP contribution in [0.25, 0.3) is 0 Å². The summed E-state index contributed by atoms with van der Waals surface area (Å²) in [4.78, 5) is 10.8. The van der Waals surface area contributed by atoms with Gasteiger partial charge in [-0.3, -0.25) is 4.79 Å². The number of nitrogens with zero attached hydrogens (tertiary/aromatic N) is 4. The first kappa shape index (κ1) is 10.1. The molecule has 1 saturated carbocycles. The van der Waals surface area contributed by atoms with Crippen LogP contribution in [0.15, 0.2) is 0 Å². The summed E-state index contributed by atoms with van der Waals surface area (Å²) in [5, 5.41) is 20.2. The Balaban J connectivity index is 2.19. The summed E-state index contributed by atoms with van der Waals surface area (Å²) in [6.07, 6.45) is 3.01. The van der Waals surface area contributed by atoms with Crippen molar-refractivity contribution in [1.29, 1.82) is 0 Å². The van der Waals surface area contributed by atoms with Crippen molar-refractivity contribution in [3.63, 3.8) is 0 Å². The number of tetrazole rings is 1. The lowest BCUT2D eigenvalue weighted by molar-refractivity contribution is -0.138. The van der Waals surface area contributed by atoms with E-state index in [2.05, 4.69) is 15.5 Å². The molecule has 82 valence electrons. The Morgan fingerprint density at radius 2 is 2.40 bits per heavy atom. The summed E-state index contributed by atoms with van der Waals surface area (Å²) >= 11 is 0. The molecule has 1 fully saturated rings. The molecular formula is C9H14N4O2. The molecule has 1 N–H and O–H groups in total. The van der Waals surface area contributed by atoms with Gasteiger partial charge in [0, 0.05) is 6.42 Å². The van der Waals surface area contributed by atoms with E-state index in [1.54, 1.807) is 4.68 Å². The molecule has 1 atom stereocenters. The second-order valence-electron chi connectivity index (χ2n) is 3.90. The lowest BCUT2D eigenvalue weighted by Crippen LogP contribution is -2.19. The van der Waals surface area contributed by atoms with Gasteiger partial charge >= 0.3 is 5.97 Å².